The fourth-order valence-corrected chi connectivity index (χ4v) is 4.01. The van der Waals surface area contributed by atoms with Crippen LogP contribution in [-0.4, -0.2) is 28.0 Å². The fourth-order valence-electron chi connectivity index (χ4n) is 2.27. The van der Waals surface area contributed by atoms with E-state index in [-0.39, 0.29) is 10.5 Å². The maximum atomic E-state index is 13.1. The van der Waals surface area contributed by atoms with Crippen molar-refractivity contribution < 1.29 is 17.9 Å². The highest BCUT2D eigenvalue weighted by Crippen LogP contribution is 2.26. The molecule has 0 radical (unpaired) electrons. The number of esters is 1. The summed E-state index contributed by atoms with van der Waals surface area (Å²) in [6.07, 6.45) is 0.647. The first-order valence-electron chi connectivity index (χ1n) is 7.27. The van der Waals surface area contributed by atoms with Crippen LogP contribution in [0, 0.1) is 0 Å². The van der Waals surface area contributed by atoms with Gasteiger partial charge in [0.25, 0.3) is 10.0 Å². The number of carbonyl (C=O) groups is 1. The van der Waals surface area contributed by atoms with Gasteiger partial charge in [-0.2, -0.15) is 0 Å². The predicted molar refractivity (Wildman–Crippen MR) is 89.0 cm³/mol. The molecular formula is C17H19NO4S. The van der Waals surface area contributed by atoms with Gasteiger partial charge in [0.15, 0.2) is 0 Å². The Balaban J connectivity index is 2.58. The third-order valence-corrected chi connectivity index (χ3v) is 5.22. The molecule has 6 heteroatoms. The first-order chi connectivity index (χ1) is 11.0. The van der Waals surface area contributed by atoms with E-state index in [0.29, 0.717) is 18.7 Å². The molecule has 23 heavy (non-hydrogen) atoms. The number of nitrogens with zero attached hydrogens (tertiary/aromatic N) is 1. The molecule has 0 aliphatic rings. The van der Waals surface area contributed by atoms with E-state index in [2.05, 4.69) is 0 Å². The second-order valence-corrected chi connectivity index (χ2v) is 6.73. The summed E-state index contributed by atoms with van der Waals surface area (Å²) in [5.41, 5.74) is 0.598. The molecule has 0 unspecified atom stereocenters. The van der Waals surface area contributed by atoms with Crippen LogP contribution in [0.5, 0.6) is 0 Å². The molecule has 0 aromatic heterocycles. The summed E-state index contributed by atoms with van der Waals surface area (Å²) in [5, 5.41) is 0. The fraction of sp³-hybridized carbons (Fsp3) is 0.235. The molecule has 0 saturated heterocycles. The highest BCUT2D eigenvalue weighted by Gasteiger charge is 2.29. The largest absolute Gasteiger partial charge is 0.465 e. The minimum atomic E-state index is -3.87. The monoisotopic (exact) mass is 333 g/mol. The zero-order valence-corrected chi connectivity index (χ0v) is 13.9. The van der Waals surface area contributed by atoms with Crippen LogP contribution < -0.4 is 4.31 Å². The van der Waals surface area contributed by atoms with Crippen molar-refractivity contribution in [3.63, 3.8) is 0 Å². The zero-order chi connectivity index (χ0) is 16.9. The Bertz CT molecular complexity index is 772. The third-order valence-electron chi connectivity index (χ3n) is 3.33. The van der Waals surface area contributed by atoms with Gasteiger partial charge in [-0.25, -0.2) is 13.2 Å². The lowest BCUT2D eigenvalue weighted by molar-refractivity contribution is 0.0596. The molecule has 2 aromatic rings. The molecule has 0 aliphatic carbocycles. The van der Waals surface area contributed by atoms with Crippen molar-refractivity contribution in [1.82, 2.24) is 0 Å². The second kappa shape index (κ2) is 7.28. The average Bonchev–Trinajstić information content (AvgIpc) is 2.59. The van der Waals surface area contributed by atoms with Gasteiger partial charge in [0, 0.05) is 6.54 Å². The lowest BCUT2D eigenvalue weighted by Gasteiger charge is -2.24. The molecule has 0 aliphatic heterocycles. The lowest BCUT2D eigenvalue weighted by atomic mass is 10.2. The molecule has 2 aromatic carbocycles. The molecular weight excluding hydrogens is 314 g/mol. The van der Waals surface area contributed by atoms with Gasteiger partial charge in [-0.3, -0.25) is 4.31 Å². The third kappa shape index (κ3) is 3.53. The summed E-state index contributed by atoms with van der Waals surface area (Å²) in [6, 6.07) is 14.9. The highest BCUT2D eigenvalue weighted by molar-refractivity contribution is 7.93. The Kier molecular flexibility index (Phi) is 5.39. The van der Waals surface area contributed by atoms with E-state index in [1.807, 2.05) is 13.0 Å². The number of hydrogen-bond donors (Lipinski definition) is 0. The van der Waals surface area contributed by atoms with Crippen LogP contribution in [0.1, 0.15) is 23.7 Å². The smallest absolute Gasteiger partial charge is 0.339 e. The Morgan fingerprint density at radius 3 is 2.26 bits per heavy atom. The summed E-state index contributed by atoms with van der Waals surface area (Å²) in [5.74, 6) is -0.673. The Morgan fingerprint density at radius 2 is 1.65 bits per heavy atom. The molecule has 122 valence electrons. The summed E-state index contributed by atoms with van der Waals surface area (Å²) >= 11 is 0. The number of ether oxygens (including phenoxy) is 1. The number of benzene rings is 2. The molecule has 0 saturated carbocycles. The van der Waals surface area contributed by atoms with Crippen LogP contribution in [0.3, 0.4) is 0 Å². The maximum Gasteiger partial charge on any atom is 0.339 e. The number of hydrogen-bond acceptors (Lipinski definition) is 4. The Labute approximate surface area is 136 Å². The van der Waals surface area contributed by atoms with Crippen molar-refractivity contribution in [2.75, 3.05) is 18.0 Å². The van der Waals surface area contributed by atoms with Crippen molar-refractivity contribution >= 4 is 21.7 Å². The summed E-state index contributed by atoms with van der Waals surface area (Å²) < 4.78 is 32.2. The minimum Gasteiger partial charge on any atom is -0.465 e. The van der Waals surface area contributed by atoms with Gasteiger partial charge < -0.3 is 4.74 Å². The van der Waals surface area contributed by atoms with Crippen molar-refractivity contribution in [3.05, 3.63) is 60.2 Å². The summed E-state index contributed by atoms with van der Waals surface area (Å²) in [7, 11) is -2.64. The molecule has 0 amide bonds. The molecule has 0 fully saturated rings. The Morgan fingerprint density at radius 1 is 1.04 bits per heavy atom. The van der Waals surface area contributed by atoms with E-state index in [4.69, 9.17) is 4.74 Å². The SMILES string of the molecule is CCCN(c1ccccc1)S(=O)(=O)c1ccccc1C(=O)OC. The van der Waals surface area contributed by atoms with E-state index in [9.17, 15) is 13.2 Å². The standard InChI is InChI=1S/C17H19NO4S/c1-3-13-18(14-9-5-4-6-10-14)23(20,21)16-12-8-7-11-15(16)17(19)22-2/h4-12H,3,13H2,1-2H3. The van der Waals surface area contributed by atoms with E-state index < -0.39 is 16.0 Å². The van der Waals surface area contributed by atoms with Crippen LogP contribution in [0.2, 0.25) is 0 Å². The summed E-state index contributed by atoms with van der Waals surface area (Å²) in [4.78, 5) is 11.8. The molecule has 5 nitrogen and oxygen atoms in total. The van der Waals surface area contributed by atoms with Gasteiger partial charge in [0.2, 0.25) is 0 Å². The van der Waals surface area contributed by atoms with Gasteiger partial charge in [-0.1, -0.05) is 37.3 Å². The number of para-hydroxylation sites is 1. The van der Waals surface area contributed by atoms with Crippen LogP contribution in [0.4, 0.5) is 5.69 Å². The number of anilines is 1. The molecule has 0 N–H and O–H groups in total. The quantitative estimate of drug-likeness (QED) is 0.762. The maximum absolute atomic E-state index is 13.1. The topological polar surface area (TPSA) is 63.7 Å². The van der Waals surface area contributed by atoms with Crippen LogP contribution in [-0.2, 0) is 14.8 Å². The van der Waals surface area contributed by atoms with Gasteiger partial charge in [0.1, 0.15) is 4.90 Å². The molecule has 0 atom stereocenters. The van der Waals surface area contributed by atoms with Crippen LogP contribution in [0.15, 0.2) is 59.5 Å². The molecule has 0 heterocycles. The van der Waals surface area contributed by atoms with Gasteiger partial charge in [-0.15, -0.1) is 0 Å². The summed E-state index contributed by atoms with van der Waals surface area (Å²) in [6.45, 7) is 2.22. The average molecular weight is 333 g/mol. The zero-order valence-electron chi connectivity index (χ0n) is 13.1. The van der Waals surface area contributed by atoms with E-state index in [1.165, 1.54) is 23.5 Å². The van der Waals surface area contributed by atoms with Gasteiger partial charge in [-0.05, 0) is 30.7 Å². The first-order valence-corrected chi connectivity index (χ1v) is 8.71. The number of rotatable bonds is 6. The number of sulfonamides is 1. The molecule has 2 rings (SSSR count). The Hall–Kier alpha value is -2.34. The van der Waals surface area contributed by atoms with Gasteiger partial charge in [0.05, 0.1) is 18.4 Å². The van der Waals surface area contributed by atoms with Crippen LogP contribution >= 0.6 is 0 Å². The van der Waals surface area contributed by atoms with Crippen molar-refractivity contribution in [2.45, 2.75) is 18.2 Å². The lowest BCUT2D eigenvalue weighted by Crippen LogP contribution is -2.32. The van der Waals surface area contributed by atoms with E-state index >= 15 is 0 Å². The number of carbonyl (C=O) groups excluding carboxylic acids is 1. The normalized spacial score (nSPS) is 11.0. The van der Waals surface area contributed by atoms with Crippen molar-refractivity contribution in [2.24, 2.45) is 0 Å². The molecule has 0 spiro atoms. The van der Waals surface area contributed by atoms with Crippen molar-refractivity contribution in [1.29, 1.82) is 0 Å². The first kappa shape index (κ1) is 17.0. The molecule has 0 bridgehead atoms. The van der Waals surface area contributed by atoms with E-state index in [0.717, 1.165) is 0 Å². The van der Waals surface area contributed by atoms with Crippen LogP contribution in [0.25, 0.3) is 0 Å². The predicted octanol–water partition coefficient (Wildman–Crippen LogP) is 3.08. The van der Waals surface area contributed by atoms with Gasteiger partial charge >= 0.3 is 5.97 Å². The highest BCUT2D eigenvalue weighted by atomic mass is 32.2. The van der Waals surface area contributed by atoms with Crippen molar-refractivity contribution in [3.8, 4) is 0 Å². The number of methoxy groups -OCH3 is 1. The van der Waals surface area contributed by atoms with E-state index in [1.54, 1.807) is 36.4 Å². The second-order valence-electron chi connectivity index (χ2n) is 4.90. The minimum absolute atomic E-state index is 0.0343.